The molecule has 0 amide bonds. The summed E-state index contributed by atoms with van der Waals surface area (Å²) in [5, 5.41) is 0. The molecule has 4 heteroatoms. The van der Waals surface area contributed by atoms with Crippen molar-refractivity contribution in [3.8, 4) is 0 Å². The molecule has 0 aliphatic rings. The molecule has 0 spiro atoms. The number of rotatable bonds is 0. The molecule has 0 aliphatic heterocycles. The van der Waals surface area contributed by atoms with Crippen LogP contribution in [0.1, 0.15) is 0 Å². The second-order valence-corrected chi connectivity index (χ2v) is 16.3. The maximum absolute atomic E-state index is 2.39. The molecule has 0 saturated heterocycles. The van der Waals surface area contributed by atoms with Crippen LogP contribution in [-0.4, -0.2) is 0 Å². The first-order valence-corrected chi connectivity index (χ1v) is 12.9. The van der Waals surface area contributed by atoms with E-state index >= 15 is 0 Å². The summed E-state index contributed by atoms with van der Waals surface area (Å²) in [6, 6.07) is 0. The van der Waals surface area contributed by atoms with Crippen LogP contribution in [0.5, 0.6) is 0 Å². The molecule has 1 radical (unpaired) electrons. The van der Waals surface area contributed by atoms with Gasteiger partial charge in [-0.3, -0.25) is 0 Å². The van der Waals surface area contributed by atoms with Crippen molar-refractivity contribution in [2.24, 2.45) is 0 Å². The van der Waals surface area contributed by atoms with Crippen LogP contribution >= 0.6 is 37.2 Å². The van der Waals surface area contributed by atoms with Crippen LogP contribution in [0.4, 0.5) is 0 Å². The predicted octanol–water partition coefficient (Wildman–Crippen LogP) is -1.23. The van der Waals surface area contributed by atoms with E-state index in [2.05, 4.69) is 37.2 Å². The molecule has 0 rings (SSSR count). The van der Waals surface area contributed by atoms with E-state index in [1.807, 2.05) is 0 Å². The first-order valence-electron chi connectivity index (χ1n) is 0.286. The van der Waals surface area contributed by atoms with Crippen LogP contribution < -0.4 is 13.3 Å². The Morgan fingerprint density at radius 1 is 1.25 bits per heavy atom. The van der Waals surface area contributed by atoms with Gasteiger partial charge in [0.05, 0.1) is 0 Å². The Balaban J connectivity index is 0. The third-order valence-corrected chi connectivity index (χ3v) is 0. The zero-order valence-electron chi connectivity index (χ0n) is 1.58. The van der Waals surface area contributed by atoms with Gasteiger partial charge >= 0.3 is 50.5 Å². The van der Waals surface area contributed by atoms with E-state index in [1.54, 1.807) is 0 Å². The van der Waals surface area contributed by atoms with Crippen LogP contribution in [0.25, 0.3) is 0 Å². The maximum Gasteiger partial charge on any atom is 0 e. The molecule has 0 aromatic heterocycles. The van der Waals surface area contributed by atoms with Crippen LogP contribution in [0.3, 0.4) is 0 Å². The fourth-order valence-corrected chi connectivity index (χ4v) is 0. The van der Waals surface area contributed by atoms with Gasteiger partial charge in [0, 0.05) is 22.4 Å². The van der Waals surface area contributed by atoms with E-state index in [-0.39, 0.29) is 22.4 Å². The van der Waals surface area contributed by atoms with E-state index in [0.29, 0.717) is 13.3 Å². The molecule has 0 fully saturated rings. The minimum absolute atomic E-state index is 0. The zero-order valence-corrected chi connectivity index (χ0v) is 10.3. The zero-order chi connectivity index (χ0) is 2.71. The quantitative estimate of drug-likeness (QED) is 0.306. The smallest absolute Gasteiger partial charge is 0 e. The SMILES string of the molecule is I[I-]I.[Nb]. The first-order chi connectivity index (χ1) is 1.41. The monoisotopic (exact) mass is 474 g/mol. The van der Waals surface area contributed by atoms with Crippen molar-refractivity contribution >= 4 is 37.2 Å². The Morgan fingerprint density at radius 3 is 1.25 bits per heavy atom. The van der Waals surface area contributed by atoms with Gasteiger partial charge in [-0.25, -0.2) is 0 Å². The molecule has 0 heterocycles. The van der Waals surface area contributed by atoms with Crippen LogP contribution in [0.2, 0.25) is 0 Å². The first kappa shape index (κ1) is 10.0. The van der Waals surface area contributed by atoms with Crippen molar-refractivity contribution in [2.45, 2.75) is 0 Å². The minimum atomic E-state index is 0. The van der Waals surface area contributed by atoms with E-state index < -0.39 is 0 Å². The molecule has 0 N–H and O–H groups in total. The Kier molecular flexibility index (Phi) is 23.4. The fraction of sp³-hybridized carbons (Fsp3) is 0. The largest absolute Gasteiger partial charge is 0 e. The number of halogens is 3. The van der Waals surface area contributed by atoms with Crippen molar-refractivity contribution in [1.29, 1.82) is 0 Å². The number of hydrogen-bond donors (Lipinski definition) is 0. The van der Waals surface area contributed by atoms with Gasteiger partial charge in [0.1, 0.15) is 0 Å². The molecular weight excluding hydrogens is 474 g/mol. The summed E-state index contributed by atoms with van der Waals surface area (Å²) in [6.07, 6.45) is 0. The predicted molar refractivity (Wildman–Crippen MR) is 28.0 cm³/mol. The molecule has 0 atom stereocenters. The molecule has 0 bridgehead atoms. The Labute approximate surface area is 71.0 Å². The second kappa shape index (κ2) is 9.33. The Morgan fingerprint density at radius 2 is 1.25 bits per heavy atom. The summed E-state index contributed by atoms with van der Waals surface area (Å²) in [5.41, 5.74) is 0. The van der Waals surface area contributed by atoms with Gasteiger partial charge in [-0.15, -0.1) is 0 Å². The van der Waals surface area contributed by atoms with E-state index in [1.165, 1.54) is 0 Å². The summed E-state index contributed by atoms with van der Waals surface area (Å²) in [7, 11) is 0. The van der Waals surface area contributed by atoms with Crippen molar-refractivity contribution in [1.82, 2.24) is 0 Å². The van der Waals surface area contributed by atoms with E-state index in [0.717, 1.165) is 0 Å². The van der Waals surface area contributed by atoms with Gasteiger partial charge in [0.2, 0.25) is 0 Å². The van der Waals surface area contributed by atoms with Gasteiger partial charge in [-0.1, -0.05) is 0 Å². The molecule has 0 nitrogen and oxygen atoms in total. The standard InChI is InChI=1S/I3.Nb/c1-3-2;/q-1;. The van der Waals surface area contributed by atoms with Crippen LogP contribution in [-0.2, 0) is 22.4 Å². The Hall–Kier alpha value is 2.93. The van der Waals surface area contributed by atoms with Gasteiger partial charge in [0.25, 0.3) is 0 Å². The summed E-state index contributed by atoms with van der Waals surface area (Å²) < 4.78 is 0. The summed E-state index contributed by atoms with van der Waals surface area (Å²) in [4.78, 5) is 0. The molecule has 27 valence electrons. The number of hydrogen-bond acceptors (Lipinski definition) is 0. The average molecular weight is 474 g/mol. The topological polar surface area (TPSA) is 0 Å². The van der Waals surface area contributed by atoms with Crippen molar-refractivity contribution in [2.75, 3.05) is 0 Å². The maximum atomic E-state index is 2.39. The molecular formula is I3Nb-. The van der Waals surface area contributed by atoms with Gasteiger partial charge < -0.3 is 0 Å². The van der Waals surface area contributed by atoms with E-state index in [4.69, 9.17) is 0 Å². The molecule has 0 aromatic rings. The van der Waals surface area contributed by atoms with Gasteiger partial charge in [0.15, 0.2) is 0 Å². The van der Waals surface area contributed by atoms with Gasteiger partial charge in [-0.05, 0) is 0 Å². The summed E-state index contributed by atoms with van der Waals surface area (Å²) in [6.45, 7) is 0. The van der Waals surface area contributed by atoms with Crippen LogP contribution in [0.15, 0.2) is 0 Å². The normalized spacial score (nSPS) is 5.50. The average Bonchev–Trinajstić information content (AvgIpc) is 0.918. The Bertz CT molecular complexity index is 3.25. The molecule has 0 aromatic carbocycles. The second-order valence-electron chi connectivity index (χ2n) is 0.0540. The molecule has 4 heavy (non-hydrogen) atoms. The fourth-order valence-electron chi connectivity index (χ4n) is 0. The van der Waals surface area contributed by atoms with Gasteiger partial charge in [-0.2, -0.15) is 0 Å². The van der Waals surface area contributed by atoms with Crippen molar-refractivity contribution < 1.29 is 35.6 Å². The van der Waals surface area contributed by atoms with Crippen LogP contribution in [0, 0.1) is 0 Å². The molecule has 0 aliphatic carbocycles. The molecule has 0 saturated carbocycles. The summed E-state index contributed by atoms with van der Waals surface area (Å²) in [5.74, 6) is 0. The van der Waals surface area contributed by atoms with E-state index in [9.17, 15) is 0 Å². The molecule has 0 unspecified atom stereocenters. The third-order valence-electron chi connectivity index (χ3n) is 0. The third kappa shape index (κ3) is 8.87. The van der Waals surface area contributed by atoms with Crippen molar-refractivity contribution in [3.05, 3.63) is 0 Å². The minimum Gasteiger partial charge on any atom is 0 e. The van der Waals surface area contributed by atoms with Crippen molar-refractivity contribution in [3.63, 3.8) is 0 Å². The summed E-state index contributed by atoms with van der Waals surface area (Å²) >= 11 is 5.30.